The van der Waals surface area contributed by atoms with Crippen LogP contribution in [0.5, 0.6) is 11.5 Å². The van der Waals surface area contributed by atoms with E-state index in [2.05, 4.69) is 17.6 Å². The van der Waals surface area contributed by atoms with Crippen molar-refractivity contribution in [3.8, 4) is 11.5 Å². The Balaban J connectivity index is 1.44. The van der Waals surface area contributed by atoms with Gasteiger partial charge < -0.3 is 24.8 Å². The Morgan fingerprint density at radius 1 is 1.12 bits per heavy atom. The first kappa shape index (κ1) is 18.1. The molecule has 2 aromatic rings. The Morgan fingerprint density at radius 2 is 1.88 bits per heavy atom. The Morgan fingerprint density at radius 3 is 2.65 bits per heavy atom. The summed E-state index contributed by atoms with van der Waals surface area (Å²) in [4.78, 5) is 11.8. The number of carbonyl (C=O) groups is 1. The number of amides is 1. The fourth-order valence-electron chi connectivity index (χ4n) is 2.66. The molecule has 0 fully saturated rings. The SMILES string of the molecule is CNC(C)Cc1ccc2c(c1)OC(CNC(=O)OCc1ccccc1)O2. The van der Waals surface area contributed by atoms with E-state index in [1.807, 2.05) is 55.6 Å². The van der Waals surface area contributed by atoms with Gasteiger partial charge in [0.25, 0.3) is 6.29 Å². The molecule has 26 heavy (non-hydrogen) atoms. The number of fused-ring (bicyclic) bond motifs is 1. The highest BCUT2D eigenvalue weighted by Gasteiger charge is 2.25. The Hall–Kier alpha value is -2.73. The fraction of sp³-hybridized carbons (Fsp3) is 0.350. The largest absolute Gasteiger partial charge is 0.449 e. The Labute approximate surface area is 153 Å². The van der Waals surface area contributed by atoms with Crippen molar-refractivity contribution in [3.63, 3.8) is 0 Å². The second kappa shape index (κ2) is 8.58. The third-order valence-electron chi connectivity index (χ3n) is 4.19. The molecule has 2 aromatic carbocycles. The highest BCUT2D eigenvalue weighted by molar-refractivity contribution is 5.67. The van der Waals surface area contributed by atoms with E-state index in [-0.39, 0.29) is 13.2 Å². The zero-order valence-corrected chi connectivity index (χ0v) is 15.0. The number of rotatable bonds is 7. The number of carbonyl (C=O) groups excluding carboxylic acids is 1. The van der Waals surface area contributed by atoms with Crippen molar-refractivity contribution >= 4 is 6.09 Å². The standard InChI is InChI=1S/C20H24N2O4/c1-14(21-2)10-16-8-9-17-18(11-16)26-19(25-17)12-22-20(23)24-13-15-6-4-3-5-7-15/h3-9,11,14,19,21H,10,12-13H2,1-2H3,(H,22,23). The predicted molar refractivity (Wildman–Crippen MR) is 98.3 cm³/mol. The van der Waals surface area contributed by atoms with Gasteiger partial charge >= 0.3 is 6.09 Å². The highest BCUT2D eigenvalue weighted by atomic mass is 16.7. The van der Waals surface area contributed by atoms with Crippen LogP contribution in [-0.4, -0.2) is 32.0 Å². The smallest absolute Gasteiger partial charge is 0.407 e. The van der Waals surface area contributed by atoms with E-state index in [1.165, 1.54) is 5.56 Å². The van der Waals surface area contributed by atoms with Crippen LogP contribution >= 0.6 is 0 Å². The van der Waals surface area contributed by atoms with Crippen LogP contribution in [-0.2, 0) is 17.8 Å². The summed E-state index contributed by atoms with van der Waals surface area (Å²) in [5.74, 6) is 1.39. The summed E-state index contributed by atoms with van der Waals surface area (Å²) in [5.41, 5.74) is 2.11. The van der Waals surface area contributed by atoms with Gasteiger partial charge in [0.05, 0.1) is 6.54 Å². The lowest BCUT2D eigenvalue weighted by Gasteiger charge is -2.12. The van der Waals surface area contributed by atoms with Crippen LogP contribution in [0.4, 0.5) is 4.79 Å². The van der Waals surface area contributed by atoms with Gasteiger partial charge in [0.15, 0.2) is 11.5 Å². The highest BCUT2D eigenvalue weighted by Crippen LogP contribution is 2.35. The number of hydrogen-bond donors (Lipinski definition) is 2. The monoisotopic (exact) mass is 356 g/mol. The van der Waals surface area contributed by atoms with Gasteiger partial charge in [0.2, 0.25) is 0 Å². The average molecular weight is 356 g/mol. The van der Waals surface area contributed by atoms with Crippen molar-refractivity contribution in [1.29, 1.82) is 0 Å². The van der Waals surface area contributed by atoms with Gasteiger partial charge in [-0.3, -0.25) is 0 Å². The zero-order valence-electron chi connectivity index (χ0n) is 15.0. The minimum absolute atomic E-state index is 0.213. The molecule has 1 heterocycles. The lowest BCUT2D eigenvalue weighted by atomic mass is 10.1. The van der Waals surface area contributed by atoms with Crippen LogP contribution in [0, 0.1) is 0 Å². The van der Waals surface area contributed by atoms with Crippen LogP contribution < -0.4 is 20.1 Å². The maximum absolute atomic E-state index is 11.8. The van der Waals surface area contributed by atoms with E-state index in [4.69, 9.17) is 14.2 Å². The first-order valence-electron chi connectivity index (χ1n) is 8.72. The van der Waals surface area contributed by atoms with Crippen molar-refractivity contribution in [2.45, 2.75) is 32.3 Å². The molecule has 1 aliphatic rings. The summed E-state index contributed by atoms with van der Waals surface area (Å²) in [6, 6.07) is 15.8. The van der Waals surface area contributed by atoms with E-state index in [9.17, 15) is 4.79 Å². The summed E-state index contributed by atoms with van der Waals surface area (Å²) >= 11 is 0. The first-order valence-corrected chi connectivity index (χ1v) is 8.72. The number of ether oxygens (including phenoxy) is 3. The van der Waals surface area contributed by atoms with E-state index in [1.54, 1.807) is 0 Å². The Bertz CT molecular complexity index is 736. The van der Waals surface area contributed by atoms with Crippen molar-refractivity contribution in [1.82, 2.24) is 10.6 Å². The number of alkyl carbamates (subject to hydrolysis) is 1. The third kappa shape index (κ3) is 4.89. The van der Waals surface area contributed by atoms with Gasteiger partial charge in [-0.05, 0) is 43.7 Å². The molecular formula is C20H24N2O4. The van der Waals surface area contributed by atoms with Gasteiger partial charge in [-0.25, -0.2) is 4.79 Å². The van der Waals surface area contributed by atoms with Crippen LogP contribution in [0.2, 0.25) is 0 Å². The van der Waals surface area contributed by atoms with Crippen LogP contribution in [0.15, 0.2) is 48.5 Å². The summed E-state index contributed by atoms with van der Waals surface area (Å²) in [6.45, 7) is 2.56. The quantitative estimate of drug-likeness (QED) is 0.798. The molecule has 0 aromatic heterocycles. The molecule has 1 aliphatic heterocycles. The van der Waals surface area contributed by atoms with Gasteiger partial charge in [0.1, 0.15) is 6.61 Å². The van der Waals surface area contributed by atoms with Crippen molar-refractivity contribution in [2.75, 3.05) is 13.6 Å². The van der Waals surface area contributed by atoms with E-state index in [0.29, 0.717) is 17.5 Å². The molecule has 2 atom stereocenters. The second-order valence-corrected chi connectivity index (χ2v) is 6.28. The lowest BCUT2D eigenvalue weighted by molar-refractivity contribution is 0.0469. The summed E-state index contributed by atoms with van der Waals surface area (Å²) < 4.78 is 16.6. The fourth-order valence-corrected chi connectivity index (χ4v) is 2.66. The predicted octanol–water partition coefficient (Wildman–Crippen LogP) is 2.86. The lowest BCUT2D eigenvalue weighted by Crippen LogP contribution is -2.36. The van der Waals surface area contributed by atoms with Gasteiger partial charge in [-0.2, -0.15) is 0 Å². The molecular weight excluding hydrogens is 332 g/mol. The minimum atomic E-state index is -0.550. The molecule has 2 unspecified atom stereocenters. The number of nitrogens with one attached hydrogen (secondary N) is 2. The maximum atomic E-state index is 11.8. The van der Waals surface area contributed by atoms with Crippen molar-refractivity contribution in [3.05, 3.63) is 59.7 Å². The first-order chi connectivity index (χ1) is 12.6. The molecule has 0 saturated heterocycles. The van der Waals surface area contributed by atoms with E-state index < -0.39 is 12.4 Å². The van der Waals surface area contributed by atoms with Crippen LogP contribution in [0.1, 0.15) is 18.1 Å². The molecule has 0 radical (unpaired) electrons. The third-order valence-corrected chi connectivity index (χ3v) is 4.19. The summed E-state index contributed by atoms with van der Waals surface area (Å²) in [6.07, 6.45) is -0.145. The molecule has 0 spiro atoms. The minimum Gasteiger partial charge on any atom is -0.449 e. The molecule has 3 rings (SSSR count). The van der Waals surface area contributed by atoms with Crippen molar-refractivity contribution in [2.24, 2.45) is 0 Å². The number of hydrogen-bond acceptors (Lipinski definition) is 5. The van der Waals surface area contributed by atoms with E-state index in [0.717, 1.165) is 12.0 Å². The molecule has 2 N–H and O–H groups in total. The average Bonchev–Trinajstić information content (AvgIpc) is 3.07. The molecule has 138 valence electrons. The van der Waals surface area contributed by atoms with Gasteiger partial charge in [-0.1, -0.05) is 36.4 Å². The van der Waals surface area contributed by atoms with Crippen LogP contribution in [0.3, 0.4) is 0 Å². The summed E-state index contributed by atoms with van der Waals surface area (Å²) in [5, 5.41) is 5.88. The van der Waals surface area contributed by atoms with Crippen molar-refractivity contribution < 1.29 is 19.0 Å². The van der Waals surface area contributed by atoms with E-state index >= 15 is 0 Å². The maximum Gasteiger partial charge on any atom is 0.407 e. The molecule has 6 heteroatoms. The number of benzene rings is 2. The molecule has 0 aliphatic carbocycles. The summed E-state index contributed by atoms with van der Waals surface area (Å²) in [7, 11) is 1.94. The van der Waals surface area contributed by atoms with Gasteiger partial charge in [0, 0.05) is 6.04 Å². The zero-order chi connectivity index (χ0) is 18.4. The molecule has 0 bridgehead atoms. The normalized spacial score (nSPS) is 16.2. The van der Waals surface area contributed by atoms with Crippen LogP contribution in [0.25, 0.3) is 0 Å². The topological polar surface area (TPSA) is 68.8 Å². The number of likely N-dealkylation sites (N-methyl/N-ethyl adjacent to an activating group) is 1. The second-order valence-electron chi connectivity index (χ2n) is 6.28. The van der Waals surface area contributed by atoms with Gasteiger partial charge in [-0.15, -0.1) is 0 Å². The molecule has 0 saturated carbocycles. The molecule has 1 amide bonds. The molecule has 6 nitrogen and oxygen atoms in total. The Kier molecular flexibility index (Phi) is 5.96.